The van der Waals surface area contributed by atoms with Crippen molar-refractivity contribution in [2.75, 3.05) is 0 Å². The van der Waals surface area contributed by atoms with Crippen LogP contribution in [-0.2, 0) is 32.5 Å². The first-order chi connectivity index (χ1) is 23.3. The molecule has 288 valence electrons. The van der Waals surface area contributed by atoms with Crippen LogP contribution in [0.1, 0.15) is 158 Å². The molecule has 0 radical (unpaired) electrons. The molecule has 0 aliphatic heterocycles. The molecule has 4 nitrogen and oxygen atoms in total. The smallest absolute Gasteiger partial charge is 0.123 e. The number of para-hydroxylation sites is 4. The average molecular weight is 713 g/mol. The fourth-order valence-corrected chi connectivity index (χ4v) is 5.69. The van der Waals surface area contributed by atoms with Crippen LogP contribution in [0, 0.1) is 0 Å². The summed E-state index contributed by atoms with van der Waals surface area (Å²) in [7, 11) is 0. The SMILES string of the molecule is CC(C)(C)c1cccc(C(C)(C)C)c1O.CC(C)(C)c1cccc(C(C)(C)C)c1O.CC(C)(C)c1cccc(C(C)(C)C)c1O.Oc1ccccc1. The van der Waals surface area contributed by atoms with E-state index < -0.39 is 0 Å². The fourth-order valence-electron chi connectivity index (χ4n) is 5.69. The lowest BCUT2D eigenvalue weighted by Gasteiger charge is -2.26. The van der Waals surface area contributed by atoms with Gasteiger partial charge in [-0.25, -0.2) is 0 Å². The normalized spacial score (nSPS) is 12.3. The number of benzene rings is 4. The number of rotatable bonds is 0. The summed E-state index contributed by atoms with van der Waals surface area (Å²) in [5.41, 5.74) is 6.09. The van der Waals surface area contributed by atoms with E-state index in [2.05, 4.69) is 125 Å². The highest BCUT2D eigenvalue weighted by Gasteiger charge is 2.27. The van der Waals surface area contributed by atoms with Crippen molar-refractivity contribution in [3.8, 4) is 23.0 Å². The summed E-state index contributed by atoms with van der Waals surface area (Å²) < 4.78 is 0. The molecule has 0 aliphatic rings. The molecule has 0 heterocycles. The summed E-state index contributed by atoms with van der Waals surface area (Å²) >= 11 is 0. The second-order valence-electron chi connectivity index (χ2n) is 19.9. The second-order valence-corrected chi connectivity index (χ2v) is 19.9. The van der Waals surface area contributed by atoms with Crippen molar-refractivity contribution in [3.05, 3.63) is 118 Å². The van der Waals surface area contributed by atoms with Crippen LogP contribution in [0.3, 0.4) is 0 Å². The Morgan fingerprint density at radius 2 is 0.423 bits per heavy atom. The van der Waals surface area contributed by atoms with Gasteiger partial charge in [0.25, 0.3) is 0 Å². The number of hydrogen-bond donors (Lipinski definition) is 4. The topological polar surface area (TPSA) is 80.9 Å². The first kappa shape index (κ1) is 46.1. The molecule has 0 saturated heterocycles. The summed E-state index contributed by atoms with van der Waals surface area (Å²) in [6, 6.07) is 26.8. The minimum atomic E-state index is -0.00859. The van der Waals surface area contributed by atoms with Gasteiger partial charge in [0.2, 0.25) is 0 Å². The quantitative estimate of drug-likeness (QED) is 0.146. The van der Waals surface area contributed by atoms with Crippen LogP contribution in [0.25, 0.3) is 0 Å². The van der Waals surface area contributed by atoms with Gasteiger partial charge in [0.15, 0.2) is 0 Å². The summed E-state index contributed by atoms with van der Waals surface area (Å²) in [5, 5.41) is 39.4. The van der Waals surface area contributed by atoms with Gasteiger partial charge in [-0.3, -0.25) is 0 Å². The van der Waals surface area contributed by atoms with Gasteiger partial charge in [0, 0.05) is 0 Å². The average Bonchev–Trinajstić information content (AvgIpc) is 2.95. The minimum Gasteiger partial charge on any atom is -0.508 e. The maximum Gasteiger partial charge on any atom is 0.123 e. The van der Waals surface area contributed by atoms with Crippen molar-refractivity contribution in [1.29, 1.82) is 0 Å². The molecule has 0 atom stereocenters. The number of phenols is 4. The third kappa shape index (κ3) is 13.9. The lowest BCUT2D eigenvalue weighted by atomic mass is 9.79. The Balaban J connectivity index is 0.000000357. The lowest BCUT2D eigenvalue weighted by molar-refractivity contribution is 0.422. The maximum atomic E-state index is 10.3. The maximum absolute atomic E-state index is 10.3. The minimum absolute atomic E-state index is 0.00859. The summed E-state index contributed by atoms with van der Waals surface area (Å²) in [5.74, 6) is 1.69. The van der Waals surface area contributed by atoms with Crippen LogP contribution in [0.5, 0.6) is 23.0 Å². The van der Waals surface area contributed by atoms with Crippen LogP contribution >= 0.6 is 0 Å². The van der Waals surface area contributed by atoms with E-state index in [0.29, 0.717) is 23.0 Å². The number of phenolic OH excluding ortho intramolecular Hbond substituents is 4. The Morgan fingerprint density at radius 1 is 0.250 bits per heavy atom. The van der Waals surface area contributed by atoms with E-state index in [-0.39, 0.29) is 32.5 Å². The third-order valence-electron chi connectivity index (χ3n) is 8.71. The number of aromatic hydroxyl groups is 4. The highest BCUT2D eigenvalue weighted by atomic mass is 16.3. The summed E-state index contributed by atoms with van der Waals surface area (Å²) in [4.78, 5) is 0. The monoisotopic (exact) mass is 713 g/mol. The zero-order valence-electron chi connectivity index (χ0n) is 35.9. The summed E-state index contributed by atoms with van der Waals surface area (Å²) in [6.07, 6.45) is 0. The van der Waals surface area contributed by atoms with Crippen molar-refractivity contribution in [1.82, 2.24) is 0 Å². The van der Waals surface area contributed by atoms with Gasteiger partial charge in [0.1, 0.15) is 23.0 Å². The van der Waals surface area contributed by atoms with Gasteiger partial charge in [0.05, 0.1) is 0 Å². The van der Waals surface area contributed by atoms with E-state index in [1.165, 1.54) is 0 Å². The Bertz CT molecular complexity index is 1420. The zero-order valence-corrected chi connectivity index (χ0v) is 35.9. The van der Waals surface area contributed by atoms with Gasteiger partial charge in [-0.2, -0.15) is 0 Å². The lowest BCUT2D eigenvalue weighted by Crippen LogP contribution is -2.16. The molecular formula is C48H72O4. The first-order valence-electron chi connectivity index (χ1n) is 18.5. The molecule has 0 spiro atoms. The van der Waals surface area contributed by atoms with Crippen LogP contribution in [0.15, 0.2) is 84.9 Å². The third-order valence-corrected chi connectivity index (χ3v) is 8.71. The van der Waals surface area contributed by atoms with Gasteiger partial charge >= 0.3 is 0 Å². The van der Waals surface area contributed by atoms with E-state index in [9.17, 15) is 15.3 Å². The predicted molar refractivity (Wildman–Crippen MR) is 225 cm³/mol. The van der Waals surface area contributed by atoms with Crippen LogP contribution in [0.4, 0.5) is 0 Å². The van der Waals surface area contributed by atoms with E-state index in [1.807, 2.05) is 60.7 Å². The molecule has 52 heavy (non-hydrogen) atoms. The van der Waals surface area contributed by atoms with Crippen molar-refractivity contribution < 1.29 is 20.4 Å². The Labute approximate surface area is 318 Å². The molecule has 0 bridgehead atoms. The molecule has 0 unspecified atom stereocenters. The van der Waals surface area contributed by atoms with Gasteiger partial charge in [-0.1, -0.05) is 197 Å². The highest BCUT2D eigenvalue weighted by Crippen LogP contribution is 2.40. The van der Waals surface area contributed by atoms with Gasteiger partial charge in [-0.15, -0.1) is 0 Å². The van der Waals surface area contributed by atoms with Crippen molar-refractivity contribution >= 4 is 0 Å². The molecule has 4 aromatic rings. The largest absolute Gasteiger partial charge is 0.508 e. The van der Waals surface area contributed by atoms with Crippen molar-refractivity contribution in [3.63, 3.8) is 0 Å². The van der Waals surface area contributed by atoms with Crippen LogP contribution < -0.4 is 0 Å². The second kappa shape index (κ2) is 17.3. The van der Waals surface area contributed by atoms with Gasteiger partial charge in [-0.05, 0) is 78.0 Å². The Hall–Kier alpha value is -3.92. The van der Waals surface area contributed by atoms with Crippen molar-refractivity contribution in [2.45, 2.75) is 157 Å². The molecule has 4 heteroatoms. The molecule has 4 rings (SSSR count). The van der Waals surface area contributed by atoms with Crippen LogP contribution in [-0.4, -0.2) is 20.4 Å². The molecule has 0 aromatic heterocycles. The molecule has 0 amide bonds. The van der Waals surface area contributed by atoms with E-state index in [4.69, 9.17) is 5.11 Å². The van der Waals surface area contributed by atoms with E-state index in [0.717, 1.165) is 33.4 Å². The number of hydrogen-bond acceptors (Lipinski definition) is 4. The standard InChI is InChI=1S/3C14H22O.C6H6O/c3*1-13(2,3)10-8-7-9-11(12(10)15)14(4,5)6;7-6-4-2-1-3-5-6/h3*7-9,15H,1-6H3;1-5,7H. The molecule has 4 aromatic carbocycles. The first-order valence-corrected chi connectivity index (χ1v) is 18.5. The highest BCUT2D eigenvalue weighted by molar-refractivity contribution is 5.49. The zero-order chi connectivity index (χ0) is 40.7. The molecule has 0 fully saturated rings. The van der Waals surface area contributed by atoms with Crippen LogP contribution in [0.2, 0.25) is 0 Å². The Morgan fingerprint density at radius 3 is 0.538 bits per heavy atom. The molecule has 0 aliphatic carbocycles. The van der Waals surface area contributed by atoms with Gasteiger partial charge < -0.3 is 20.4 Å². The predicted octanol–water partition coefficient (Wildman–Crippen LogP) is 13.4. The van der Waals surface area contributed by atoms with E-state index in [1.54, 1.807) is 24.3 Å². The molecule has 4 N–H and O–H groups in total. The molecule has 0 saturated carbocycles. The molecular weight excluding hydrogens is 641 g/mol. The van der Waals surface area contributed by atoms with E-state index >= 15 is 0 Å². The Kier molecular flexibility index (Phi) is 15.3. The fraction of sp³-hybridized carbons (Fsp3) is 0.500. The van der Waals surface area contributed by atoms with Crippen molar-refractivity contribution in [2.24, 2.45) is 0 Å². The summed E-state index contributed by atoms with van der Waals surface area (Å²) in [6.45, 7) is 38.2.